The highest BCUT2D eigenvalue weighted by atomic mass is 16.4. The van der Waals surface area contributed by atoms with Crippen LogP contribution in [-0.4, -0.2) is 38.6 Å². The highest BCUT2D eigenvalue weighted by Gasteiger charge is 2.11. The van der Waals surface area contributed by atoms with Crippen molar-refractivity contribution in [1.82, 2.24) is 25.6 Å². The van der Waals surface area contributed by atoms with Gasteiger partial charge in [-0.1, -0.05) is 17.4 Å². The lowest BCUT2D eigenvalue weighted by Crippen LogP contribution is -2.38. The Balaban J connectivity index is 1.67. The second-order valence-electron chi connectivity index (χ2n) is 5.02. The van der Waals surface area contributed by atoms with Crippen molar-refractivity contribution in [3.8, 4) is 0 Å². The average Bonchev–Trinajstić information content (AvgIpc) is 2.91. The zero-order chi connectivity index (χ0) is 15.1. The molecule has 3 N–H and O–H groups in total. The number of rotatable bonds is 6. The lowest BCUT2D eigenvalue weighted by molar-refractivity contribution is -0.137. The van der Waals surface area contributed by atoms with E-state index >= 15 is 0 Å². The first kappa shape index (κ1) is 15.0. The van der Waals surface area contributed by atoms with Crippen LogP contribution in [0.15, 0.2) is 18.3 Å². The van der Waals surface area contributed by atoms with Crippen molar-refractivity contribution in [3.05, 3.63) is 24.0 Å². The highest BCUT2D eigenvalue weighted by Crippen LogP contribution is 2.16. The van der Waals surface area contributed by atoms with Crippen molar-refractivity contribution >= 4 is 12.0 Å². The molecule has 1 aliphatic rings. The molecule has 1 aliphatic carbocycles. The Kier molecular flexibility index (Phi) is 5.30. The molecule has 1 aromatic rings. The molecule has 0 fully saturated rings. The Hall–Kier alpha value is -2.38. The minimum Gasteiger partial charge on any atom is -0.480 e. The Morgan fingerprint density at radius 3 is 2.95 bits per heavy atom. The van der Waals surface area contributed by atoms with Crippen LogP contribution in [0.5, 0.6) is 0 Å². The van der Waals surface area contributed by atoms with Gasteiger partial charge in [0.15, 0.2) is 0 Å². The van der Waals surface area contributed by atoms with Gasteiger partial charge < -0.3 is 15.7 Å². The zero-order valence-corrected chi connectivity index (χ0v) is 11.7. The van der Waals surface area contributed by atoms with Crippen LogP contribution >= 0.6 is 0 Å². The Bertz CT molecular complexity index is 526. The van der Waals surface area contributed by atoms with Gasteiger partial charge in [0.05, 0.1) is 12.7 Å². The van der Waals surface area contributed by atoms with Gasteiger partial charge >= 0.3 is 12.0 Å². The number of nitrogens with one attached hydrogen (secondary N) is 2. The number of amides is 2. The predicted octanol–water partition coefficient (Wildman–Crippen LogP) is 0.518. The molecule has 0 aliphatic heterocycles. The van der Waals surface area contributed by atoms with Gasteiger partial charge in [-0.3, -0.25) is 4.79 Å². The monoisotopic (exact) mass is 293 g/mol. The van der Waals surface area contributed by atoms with Crippen LogP contribution in [0.2, 0.25) is 0 Å². The highest BCUT2D eigenvalue weighted by molar-refractivity contribution is 5.73. The standard InChI is InChI=1S/C13H19N5O3/c19-12(20)9-18-8-11(16-17-18)7-15-13(21)14-6-10-4-2-1-3-5-10/h1-2,8,10H,3-7,9H2,(H,19,20)(H2,14,15,21). The lowest BCUT2D eigenvalue weighted by atomic mass is 9.94. The van der Waals surface area contributed by atoms with Crippen LogP contribution in [0, 0.1) is 5.92 Å². The summed E-state index contributed by atoms with van der Waals surface area (Å²) < 4.78 is 1.21. The number of carbonyl (C=O) groups is 2. The molecule has 0 saturated carbocycles. The summed E-state index contributed by atoms with van der Waals surface area (Å²) in [5.41, 5.74) is 0.520. The number of aromatic nitrogens is 3. The number of aliphatic carboxylic acids is 1. The summed E-state index contributed by atoms with van der Waals surface area (Å²) in [6, 6.07) is -0.252. The van der Waals surface area contributed by atoms with Gasteiger partial charge in [0.1, 0.15) is 12.2 Å². The molecule has 8 heteroatoms. The third-order valence-electron chi connectivity index (χ3n) is 3.24. The summed E-state index contributed by atoms with van der Waals surface area (Å²) in [4.78, 5) is 22.2. The summed E-state index contributed by atoms with van der Waals surface area (Å²) in [6.07, 6.45) is 8.98. The van der Waals surface area contributed by atoms with Gasteiger partial charge in [0.2, 0.25) is 0 Å². The van der Waals surface area contributed by atoms with Crippen molar-refractivity contribution < 1.29 is 14.7 Å². The van der Waals surface area contributed by atoms with Crippen molar-refractivity contribution in [2.75, 3.05) is 6.54 Å². The van der Waals surface area contributed by atoms with Crippen LogP contribution in [0.4, 0.5) is 4.79 Å². The van der Waals surface area contributed by atoms with Gasteiger partial charge in [-0.25, -0.2) is 9.48 Å². The van der Waals surface area contributed by atoms with Crippen LogP contribution in [0.25, 0.3) is 0 Å². The van der Waals surface area contributed by atoms with Crippen molar-refractivity contribution in [2.24, 2.45) is 5.92 Å². The molecule has 21 heavy (non-hydrogen) atoms. The third kappa shape index (κ3) is 5.25. The van der Waals surface area contributed by atoms with Gasteiger partial charge in [-0.15, -0.1) is 5.10 Å². The SMILES string of the molecule is O=C(O)Cn1cc(CNC(=O)NCC2CC=CCC2)nn1. The van der Waals surface area contributed by atoms with Crippen molar-refractivity contribution in [3.63, 3.8) is 0 Å². The number of urea groups is 1. The Labute approximate surface area is 122 Å². The van der Waals surface area contributed by atoms with E-state index in [9.17, 15) is 9.59 Å². The Morgan fingerprint density at radius 2 is 2.24 bits per heavy atom. The van der Waals surface area contributed by atoms with E-state index in [0.29, 0.717) is 18.2 Å². The smallest absolute Gasteiger partial charge is 0.325 e. The van der Waals surface area contributed by atoms with Crippen LogP contribution in [0.1, 0.15) is 25.0 Å². The van der Waals surface area contributed by atoms with E-state index in [-0.39, 0.29) is 19.1 Å². The maximum atomic E-state index is 11.7. The second-order valence-corrected chi connectivity index (χ2v) is 5.02. The molecule has 0 bridgehead atoms. The second kappa shape index (κ2) is 7.41. The number of hydrogen-bond donors (Lipinski definition) is 3. The minimum atomic E-state index is -0.987. The first-order chi connectivity index (χ1) is 10.1. The van der Waals surface area contributed by atoms with E-state index in [0.717, 1.165) is 19.3 Å². The van der Waals surface area contributed by atoms with Gasteiger partial charge in [-0.2, -0.15) is 0 Å². The summed E-state index contributed by atoms with van der Waals surface area (Å²) in [5, 5.41) is 21.6. The molecule has 0 spiro atoms. The predicted molar refractivity (Wildman–Crippen MR) is 74.4 cm³/mol. The number of hydrogen-bond acceptors (Lipinski definition) is 4. The molecule has 0 radical (unpaired) electrons. The van der Waals surface area contributed by atoms with Gasteiger partial charge in [-0.05, 0) is 25.2 Å². The molecule has 8 nitrogen and oxygen atoms in total. The lowest BCUT2D eigenvalue weighted by Gasteiger charge is -2.18. The topological polar surface area (TPSA) is 109 Å². The van der Waals surface area contributed by atoms with Crippen molar-refractivity contribution in [1.29, 1.82) is 0 Å². The number of carboxylic acid groups (broad SMARTS) is 1. The quantitative estimate of drug-likeness (QED) is 0.662. The molecule has 2 rings (SSSR count). The molecule has 0 saturated heterocycles. The maximum absolute atomic E-state index is 11.7. The molecule has 0 aromatic carbocycles. The molecule has 1 heterocycles. The summed E-state index contributed by atoms with van der Waals surface area (Å²) in [6.45, 7) is 0.631. The summed E-state index contributed by atoms with van der Waals surface area (Å²) in [7, 11) is 0. The van der Waals surface area contributed by atoms with E-state index in [2.05, 4.69) is 33.1 Å². The fourth-order valence-electron chi connectivity index (χ4n) is 2.15. The molecule has 114 valence electrons. The fourth-order valence-corrected chi connectivity index (χ4v) is 2.15. The van der Waals surface area contributed by atoms with E-state index in [1.54, 1.807) is 0 Å². The third-order valence-corrected chi connectivity index (χ3v) is 3.24. The molecular weight excluding hydrogens is 274 g/mol. The molecule has 2 amide bonds. The van der Waals surface area contributed by atoms with Crippen LogP contribution in [0.3, 0.4) is 0 Å². The number of carbonyl (C=O) groups excluding carboxylic acids is 1. The number of nitrogens with zero attached hydrogens (tertiary/aromatic N) is 3. The van der Waals surface area contributed by atoms with Crippen LogP contribution in [-0.2, 0) is 17.9 Å². The van der Waals surface area contributed by atoms with E-state index in [1.807, 2.05) is 0 Å². The normalized spacial score (nSPS) is 17.4. The molecular formula is C13H19N5O3. The zero-order valence-electron chi connectivity index (χ0n) is 11.7. The van der Waals surface area contributed by atoms with E-state index in [4.69, 9.17) is 5.11 Å². The molecule has 1 atom stereocenters. The number of carboxylic acids is 1. The molecule has 1 aromatic heterocycles. The summed E-state index contributed by atoms with van der Waals surface area (Å²) in [5.74, 6) is -0.490. The maximum Gasteiger partial charge on any atom is 0.325 e. The largest absolute Gasteiger partial charge is 0.480 e. The first-order valence-electron chi connectivity index (χ1n) is 6.91. The average molecular weight is 293 g/mol. The van der Waals surface area contributed by atoms with Gasteiger partial charge in [0, 0.05) is 6.54 Å². The minimum absolute atomic E-state index is 0.218. The first-order valence-corrected chi connectivity index (χ1v) is 6.91. The van der Waals surface area contributed by atoms with Gasteiger partial charge in [0.25, 0.3) is 0 Å². The van der Waals surface area contributed by atoms with E-state index < -0.39 is 5.97 Å². The number of allylic oxidation sites excluding steroid dienone is 2. The van der Waals surface area contributed by atoms with E-state index in [1.165, 1.54) is 10.9 Å². The summed E-state index contributed by atoms with van der Waals surface area (Å²) >= 11 is 0. The van der Waals surface area contributed by atoms with Crippen molar-refractivity contribution in [2.45, 2.75) is 32.4 Å². The fraction of sp³-hybridized carbons (Fsp3) is 0.538. The van der Waals surface area contributed by atoms with Crippen LogP contribution < -0.4 is 10.6 Å². The molecule has 1 unspecified atom stereocenters. The Morgan fingerprint density at radius 1 is 1.38 bits per heavy atom.